The fourth-order valence-corrected chi connectivity index (χ4v) is 1.39. The molecule has 1 heterocycles. The predicted octanol–water partition coefficient (Wildman–Crippen LogP) is 2.55. The van der Waals surface area contributed by atoms with Gasteiger partial charge in [-0.2, -0.15) is 4.98 Å². The van der Waals surface area contributed by atoms with E-state index in [0.717, 1.165) is 19.4 Å². The first-order chi connectivity index (χ1) is 7.66. The average molecular weight is 227 g/mol. The highest BCUT2D eigenvalue weighted by Crippen LogP contribution is 2.27. The summed E-state index contributed by atoms with van der Waals surface area (Å²) in [7, 11) is 0. The highest BCUT2D eigenvalue weighted by atomic mass is 16.5. The van der Waals surface area contributed by atoms with Crippen LogP contribution in [-0.2, 0) is 10.3 Å². The van der Waals surface area contributed by atoms with Gasteiger partial charge in [-0.25, -0.2) is 0 Å². The monoisotopic (exact) mass is 227 g/mol. The van der Waals surface area contributed by atoms with Gasteiger partial charge >= 0.3 is 6.01 Å². The molecule has 0 saturated carbocycles. The van der Waals surface area contributed by atoms with Gasteiger partial charge in [0.15, 0.2) is 0 Å². The molecule has 5 heteroatoms. The first kappa shape index (κ1) is 13.0. The van der Waals surface area contributed by atoms with E-state index >= 15 is 0 Å². The minimum Gasteiger partial charge on any atom is -0.367 e. The van der Waals surface area contributed by atoms with E-state index in [1.807, 2.05) is 20.8 Å². The molecule has 0 bridgehead atoms. The van der Waals surface area contributed by atoms with Crippen molar-refractivity contribution in [3.05, 3.63) is 5.82 Å². The van der Waals surface area contributed by atoms with E-state index in [-0.39, 0.29) is 0 Å². The standard InChI is InChI=1S/C11H21N3O2/c1-5-8-12-10-13-9(14-16-10)11(4,6-2)15-7-3/h5-8H2,1-4H3,(H,12,13,14). The summed E-state index contributed by atoms with van der Waals surface area (Å²) in [4.78, 5) is 4.30. The maximum Gasteiger partial charge on any atom is 0.321 e. The van der Waals surface area contributed by atoms with Crippen LogP contribution in [0.25, 0.3) is 0 Å². The van der Waals surface area contributed by atoms with Gasteiger partial charge in [0, 0.05) is 13.2 Å². The van der Waals surface area contributed by atoms with Crippen molar-refractivity contribution in [1.29, 1.82) is 0 Å². The van der Waals surface area contributed by atoms with E-state index in [9.17, 15) is 0 Å². The molecule has 0 aromatic carbocycles. The van der Waals surface area contributed by atoms with Gasteiger partial charge < -0.3 is 14.6 Å². The van der Waals surface area contributed by atoms with Gasteiger partial charge in [-0.15, -0.1) is 0 Å². The molecule has 0 amide bonds. The number of nitrogens with one attached hydrogen (secondary N) is 1. The predicted molar refractivity (Wildman–Crippen MR) is 62.3 cm³/mol. The van der Waals surface area contributed by atoms with E-state index in [1.165, 1.54) is 0 Å². The zero-order chi connectivity index (χ0) is 12.0. The molecule has 1 aromatic heterocycles. The minimum absolute atomic E-state index is 0.454. The maximum atomic E-state index is 5.67. The van der Waals surface area contributed by atoms with E-state index in [1.54, 1.807) is 0 Å². The fourth-order valence-electron chi connectivity index (χ4n) is 1.39. The van der Waals surface area contributed by atoms with Crippen LogP contribution in [0.5, 0.6) is 0 Å². The lowest BCUT2D eigenvalue weighted by Crippen LogP contribution is -2.26. The van der Waals surface area contributed by atoms with Crippen molar-refractivity contribution < 1.29 is 9.26 Å². The molecule has 1 unspecified atom stereocenters. The van der Waals surface area contributed by atoms with E-state index in [4.69, 9.17) is 9.26 Å². The second kappa shape index (κ2) is 5.84. The van der Waals surface area contributed by atoms with E-state index < -0.39 is 5.60 Å². The molecule has 0 radical (unpaired) electrons. The summed E-state index contributed by atoms with van der Waals surface area (Å²) < 4.78 is 10.8. The van der Waals surface area contributed by atoms with Crippen molar-refractivity contribution in [3.63, 3.8) is 0 Å². The number of hydrogen-bond donors (Lipinski definition) is 1. The van der Waals surface area contributed by atoms with Crippen LogP contribution in [0, 0.1) is 0 Å². The smallest absolute Gasteiger partial charge is 0.321 e. The molecule has 92 valence electrons. The molecule has 1 rings (SSSR count). The molecule has 0 aliphatic carbocycles. The molecule has 1 atom stereocenters. The Hall–Kier alpha value is -1.10. The SMILES string of the molecule is CCCNc1nc(C(C)(CC)OCC)no1. The van der Waals surface area contributed by atoms with Gasteiger partial charge in [0.25, 0.3) is 0 Å². The highest BCUT2D eigenvalue weighted by Gasteiger charge is 2.30. The fraction of sp³-hybridized carbons (Fsp3) is 0.818. The Labute approximate surface area is 96.6 Å². The third-order valence-corrected chi connectivity index (χ3v) is 2.56. The second-order valence-electron chi connectivity index (χ2n) is 3.87. The number of nitrogens with zero attached hydrogens (tertiary/aromatic N) is 2. The summed E-state index contributed by atoms with van der Waals surface area (Å²) in [5.74, 6) is 0.607. The summed E-state index contributed by atoms with van der Waals surface area (Å²) in [6.07, 6.45) is 1.84. The number of hydrogen-bond acceptors (Lipinski definition) is 5. The molecular weight excluding hydrogens is 206 g/mol. The van der Waals surface area contributed by atoms with Gasteiger partial charge in [-0.05, 0) is 26.7 Å². The number of rotatable bonds is 7. The normalized spacial score (nSPS) is 14.8. The topological polar surface area (TPSA) is 60.2 Å². The van der Waals surface area contributed by atoms with Crippen LogP contribution in [0.2, 0.25) is 0 Å². The first-order valence-electron chi connectivity index (χ1n) is 5.88. The molecule has 0 saturated heterocycles. The van der Waals surface area contributed by atoms with Crippen LogP contribution in [0.3, 0.4) is 0 Å². The van der Waals surface area contributed by atoms with Crippen molar-refractivity contribution in [1.82, 2.24) is 10.1 Å². The third kappa shape index (κ3) is 2.95. The van der Waals surface area contributed by atoms with Crippen LogP contribution in [-0.4, -0.2) is 23.3 Å². The average Bonchev–Trinajstić information content (AvgIpc) is 2.75. The zero-order valence-corrected chi connectivity index (χ0v) is 10.5. The van der Waals surface area contributed by atoms with Crippen LogP contribution in [0.1, 0.15) is 46.4 Å². The summed E-state index contributed by atoms with van der Waals surface area (Å²) in [5.41, 5.74) is -0.454. The Morgan fingerprint density at radius 1 is 1.38 bits per heavy atom. The van der Waals surface area contributed by atoms with Gasteiger partial charge in [0.05, 0.1) is 0 Å². The summed E-state index contributed by atoms with van der Waals surface area (Å²) in [5, 5.41) is 7.01. The Morgan fingerprint density at radius 2 is 2.12 bits per heavy atom. The quantitative estimate of drug-likeness (QED) is 0.775. The van der Waals surface area contributed by atoms with Crippen molar-refractivity contribution in [2.45, 2.75) is 46.1 Å². The molecular formula is C11H21N3O2. The van der Waals surface area contributed by atoms with Crippen LogP contribution >= 0.6 is 0 Å². The van der Waals surface area contributed by atoms with Crippen molar-refractivity contribution in [3.8, 4) is 0 Å². The number of anilines is 1. The first-order valence-corrected chi connectivity index (χ1v) is 5.88. The molecule has 5 nitrogen and oxygen atoms in total. The Morgan fingerprint density at radius 3 is 2.69 bits per heavy atom. The Bertz CT molecular complexity index is 314. The van der Waals surface area contributed by atoms with Gasteiger partial charge in [0.1, 0.15) is 5.60 Å². The largest absolute Gasteiger partial charge is 0.367 e. The van der Waals surface area contributed by atoms with E-state index in [2.05, 4.69) is 22.4 Å². The Kier molecular flexibility index (Phi) is 4.73. The molecule has 0 aliphatic heterocycles. The third-order valence-electron chi connectivity index (χ3n) is 2.56. The summed E-state index contributed by atoms with van der Waals surface area (Å²) in [6, 6.07) is 0.469. The van der Waals surface area contributed by atoms with Crippen molar-refractivity contribution in [2.75, 3.05) is 18.5 Å². The van der Waals surface area contributed by atoms with Gasteiger partial charge in [-0.3, -0.25) is 0 Å². The summed E-state index contributed by atoms with van der Waals surface area (Å²) >= 11 is 0. The maximum absolute atomic E-state index is 5.67. The lowest BCUT2D eigenvalue weighted by Gasteiger charge is -2.23. The Balaban J connectivity index is 2.74. The molecule has 0 fully saturated rings. The molecule has 16 heavy (non-hydrogen) atoms. The van der Waals surface area contributed by atoms with Gasteiger partial charge in [0.2, 0.25) is 5.82 Å². The number of aromatic nitrogens is 2. The molecule has 0 aliphatic rings. The van der Waals surface area contributed by atoms with Crippen LogP contribution in [0.15, 0.2) is 4.52 Å². The van der Waals surface area contributed by atoms with Gasteiger partial charge in [-0.1, -0.05) is 19.0 Å². The highest BCUT2D eigenvalue weighted by molar-refractivity contribution is 5.19. The van der Waals surface area contributed by atoms with Crippen molar-refractivity contribution >= 4 is 6.01 Å². The lowest BCUT2D eigenvalue weighted by molar-refractivity contribution is -0.0403. The zero-order valence-electron chi connectivity index (χ0n) is 10.5. The van der Waals surface area contributed by atoms with Crippen molar-refractivity contribution in [2.24, 2.45) is 0 Å². The molecule has 1 aromatic rings. The number of ether oxygens (including phenoxy) is 1. The van der Waals surface area contributed by atoms with Crippen LogP contribution < -0.4 is 5.32 Å². The van der Waals surface area contributed by atoms with E-state index in [0.29, 0.717) is 18.4 Å². The molecule has 1 N–H and O–H groups in total. The minimum atomic E-state index is -0.454. The second-order valence-corrected chi connectivity index (χ2v) is 3.87. The molecule has 0 spiro atoms. The van der Waals surface area contributed by atoms with Crippen LogP contribution in [0.4, 0.5) is 6.01 Å². The lowest BCUT2D eigenvalue weighted by atomic mass is 10.0. The summed E-state index contributed by atoms with van der Waals surface area (Å²) in [6.45, 7) is 9.54.